The second-order valence-electron chi connectivity index (χ2n) is 4.41. The summed E-state index contributed by atoms with van der Waals surface area (Å²) in [5.74, 6) is 0.897. The number of benzene rings is 1. The highest BCUT2D eigenvalue weighted by Gasteiger charge is 2.21. The van der Waals surface area contributed by atoms with Gasteiger partial charge in [0, 0.05) is 19.4 Å². The molecular formula is C15H17Br2NOS. The third-order valence-corrected chi connectivity index (χ3v) is 5.44. The quantitative estimate of drug-likeness (QED) is 0.680. The van der Waals surface area contributed by atoms with Crippen LogP contribution >= 0.6 is 43.2 Å². The van der Waals surface area contributed by atoms with Crippen molar-refractivity contribution in [3.05, 3.63) is 49.0 Å². The summed E-state index contributed by atoms with van der Waals surface area (Å²) >= 11 is 8.88. The van der Waals surface area contributed by atoms with Crippen molar-refractivity contribution in [3.8, 4) is 5.75 Å². The van der Waals surface area contributed by atoms with E-state index in [2.05, 4.69) is 67.7 Å². The average molecular weight is 419 g/mol. The molecule has 2 rings (SSSR count). The van der Waals surface area contributed by atoms with E-state index < -0.39 is 0 Å². The van der Waals surface area contributed by atoms with Crippen LogP contribution in [0.4, 0.5) is 0 Å². The Labute approximate surface area is 140 Å². The second-order valence-corrected chi connectivity index (χ2v) is 7.12. The highest BCUT2D eigenvalue weighted by Crippen LogP contribution is 2.37. The molecule has 108 valence electrons. The SMILES string of the molecule is CCCNC(c1ccc(Br)cc1OC)c1sccc1Br. The van der Waals surface area contributed by atoms with Crippen LogP contribution in [-0.2, 0) is 0 Å². The van der Waals surface area contributed by atoms with Gasteiger partial charge in [-0.3, -0.25) is 0 Å². The first-order valence-corrected chi connectivity index (χ1v) is 8.93. The van der Waals surface area contributed by atoms with Crippen LogP contribution in [0.3, 0.4) is 0 Å². The molecule has 0 aliphatic carbocycles. The van der Waals surface area contributed by atoms with E-state index in [0.717, 1.165) is 33.2 Å². The van der Waals surface area contributed by atoms with Crippen molar-refractivity contribution in [3.63, 3.8) is 0 Å². The number of nitrogens with one attached hydrogen (secondary N) is 1. The first kappa shape index (κ1) is 16.0. The lowest BCUT2D eigenvalue weighted by Gasteiger charge is -2.21. The average Bonchev–Trinajstić information content (AvgIpc) is 2.86. The molecule has 1 unspecified atom stereocenters. The standard InChI is InChI=1S/C15H17Br2NOS/c1-3-7-18-14(15-12(17)6-8-20-15)11-5-4-10(16)9-13(11)19-2/h4-6,8-9,14,18H,3,7H2,1-2H3. The van der Waals surface area contributed by atoms with Gasteiger partial charge in [-0.05, 0) is 52.5 Å². The summed E-state index contributed by atoms with van der Waals surface area (Å²) in [6.07, 6.45) is 1.10. The van der Waals surface area contributed by atoms with E-state index >= 15 is 0 Å². The molecule has 2 nitrogen and oxygen atoms in total. The van der Waals surface area contributed by atoms with Crippen LogP contribution in [0.25, 0.3) is 0 Å². The Morgan fingerprint density at radius 3 is 2.70 bits per heavy atom. The molecule has 0 aliphatic heterocycles. The second kappa shape index (κ2) is 7.59. The van der Waals surface area contributed by atoms with Crippen LogP contribution in [0.2, 0.25) is 0 Å². The predicted octanol–water partition coefficient (Wildman–Crippen LogP) is 5.37. The molecule has 0 saturated carbocycles. The molecule has 0 fully saturated rings. The Morgan fingerprint density at radius 1 is 1.30 bits per heavy atom. The summed E-state index contributed by atoms with van der Waals surface area (Å²) in [5.41, 5.74) is 1.16. The van der Waals surface area contributed by atoms with Gasteiger partial charge in [-0.25, -0.2) is 0 Å². The lowest BCUT2D eigenvalue weighted by atomic mass is 10.0. The number of thiophene rings is 1. The van der Waals surface area contributed by atoms with E-state index in [4.69, 9.17) is 4.74 Å². The first-order valence-electron chi connectivity index (χ1n) is 6.47. The molecule has 0 radical (unpaired) electrons. The Hall–Kier alpha value is -0.360. The Morgan fingerprint density at radius 2 is 2.10 bits per heavy atom. The monoisotopic (exact) mass is 417 g/mol. The zero-order chi connectivity index (χ0) is 14.5. The molecule has 0 spiro atoms. The lowest BCUT2D eigenvalue weighted by molar-refractivity contribution is 0.404. The fourth-order valence-electron chi connectivity index (χ4n) is 2.07. The first-order chi connectivity index (χ1) is 9.67. The van der Waals surface area contributed by atoms with E-state index in [0.29, 0.717) is 0 Å². The zero-order valence-electron chi connectivity index (χ0n) is 11.5. The van der Waals surface area contributed by atoms with Gasteiger partial charge in [-0.2, -0.15) is 0 Å². The Bertz CT molecular complexity index is 571. The summed E-state index contributed by atoms with van der Waals surface area (Å²) in [5, 5.41) is 5.71. The minimum Gasteiger partial charge on any atom is -0.496 e. The van der Waals surface area contributed by atoms with Crippen LogP contribution in [-0.4, -0.2) is 13.7 Å². The Kier molecular flexibility index (Phi) is 6.08. The molecule has 0 amide bonds. The van der Waals surface area contributed by atoms with Crippen molar-refractivity contribution < 1.29 is 4.74 Å². The van der Waals surface area contributed by atoms with E-state index in [1.807, 2.05) is 6.07 Å². The maximum Gasteiger partial charge on any atom is 0.125 e. The van der Waals surface area contributed by atoms with E-state index in [1.165, 1.54) is 4.88 Å². The number of hydrogen-bond donors (Lipinski definition) is 1. The Balaban J connectivity index is 2.43. The van der Waals surface area contributed by atoms with Crippen molar-refractivity contribution in [1.29, 1.82) is 0 Å². The summed E-state index contributed by atoms with van der Waals surface area (Å²) in [7, 11) is 1.71. The number of hydrogen-bond acceptors (Lipinski definition) is 3. The van der Waals surface area contributed by atoms with Crippen molar-refractivity contribution in [2.24, 2.45) is 0 Å². The topological polar surface area (TPSA) is 21.3 Å². The molecule has 5 heteroatoms. The number of ether oxygens (including phenoxy) is 1. The zero-order valence-corrected chi connectivity index (χ0v) is 15.4. The summed E-state index contributed by atoms with van der Waals surface area (Å²) < 4.78 is 7.71. The van der Waals surface area contributed by atoms with Gasteiger partial charge in [0.15, 0.2) is 0 Å². The molecule has 1 heterocycles. The highest BCUT2D eigenvalue weighted by atomic mass is 79.9. The normalized spacial score (nSPS) is 12.4. The predicted molar refractivity (Wildman–Crippen MR) is 92.8 cm³/mol. The lowest BCUT2D eigenvalue weighted by Crippen LogP contribution is -2.23. The summed E-state index contributed by atoms with van der Waals surface area (Å²) in [6.45, 7) is 3.14. The molecule has 1 aromatic heterocycles. The molecule has 0 aliphatic rings. The van der Waals surface area contributed by atoms with Crippen LogP contribution in [0.5, 0.6) is 5.75 Å². The van der Waals surface area contributed by atoms with Crippen LogP contribution < -0.4 is 10.1 Å². The summed E-state index contributed by atoms with van der Waals surface area (Å²) in [6, 6.07) is 8.42. The van der Waals surface area contributed by atoms with Crippen molar-refractivity contribution in [1.82, 2.24) is 5.32 Å². The minimum atomic E-state index is 0.146. The van der Waals surface area contributed by atoms with E-state index in [9.17, 15) is 0 Å². The van der Waals surface area contributed by atoms with Crippen LogP contribution in [0.15, 0.2) is 38.6 Å². The third kappa shape index (κ3) is 3.64. The largest absolute Gasteiger partial charge is 0.496 e. The number of rotatable bonds is 6. The van der Waals surface area contributed by atoms with Gasteiger partial charge in [0.1, 0.15) is 5.75 Å². The molecule has 1 N–H and O–H groups in total. The molecule has 2 aromatic rings. The molecule has 20 heavy (non-hydrogen) atoms. The molecule has 1 atom stereocenters. The van der Waals surface area contributed by atoms with Crippen molar-refractivity contribution >= 4 is 43.2 Å². The van der Waals surface area contributed by atoms with E-state index in [-0.39, 0.29) is 6.04 Å². The van der Waals surface area contributed by atoms with Gasteiger partial charge < -0.3 is 10.1 Å². The van der Waals surface area contributed by atoms with Crippen molar-refractivity contribution in [2.45, 2.75) is 19.4 Å². The highest BCUT2D eigenvalue weighted by molar-refractivity contribution is 9.10. The molecular weight excluding hydrogens is 402 g/mol. The van der Waals surface area contributed by atoms with Gasteiger partial charge in [0.05, 0.1) is 13.2 Å². The van der Waals surface area contributed by atoms with Gasteiger partial charge in [0.2, 0.25) is 0 Å². The van der Waals surface area contributed by atoms with E-state index in [1.54, 1.807) is 18.4 Å². The number of halogens is 2. The summed E-state index contributed by atoms with van der Waals surface area (Å²) in [4.78, 5) is 1.28. The molecule has 0 saturated heterocycles. The molecule has 0 bridgehead atoms. The van der Waals surface area contributed by atoms with Gasteiger partial charge in [-0.1, -0.05) is 28.9 Å². The number of methoxy groups -OCH3 is 1. The van der Waals surface area contributed by atoms with Crippen LogP contribution in [0.1, 0.15) is 29.8 Å². The van der Waals surface area contributed by atoms with Gasteiger partial charge in [0.25, 0.3) is 0 Å². The fourth-order valence-corrected chi connectivity index (χ4v) is 4.10. The fraction of sp³-hybridized carbons (Fsp3) is 0.333. The van der Waals surface area contributed by atoms with Crippen molar-refractivity contribution in [2.75, 3.05) is 13.7 Å². The minimum absolute atomic E-state index is 0.146. The van der Waals surface area contributed by atoms with Crippen LogP contribution in [0, 0.1) is 0 Å². The third-order valence-electron chi connectivity index (χ3n) is 3.01. The smallest absolute Gasteiger partial charge is 0.125 e. The molecule has 1 aromatic carbocycles. The maximum absolute atomic E-state index is 5.54. The van der Waals surface area contributed by atoms with Gasteiger partial charge in [-0.15, -0.1) is 11.3 Å². The maximum atomic E-state index is 5.54. The van der Waals surface area contributed by atoms with Gasteiger partial charge >= 0.3 is 0 Å².